The van der Waals surface area contributed by atoms with Gasteiger partial charge in [0.2, 0.25) is 10.0 Å². The molecule has 2 N–H and O–H groups in total. The van der Waals surface area contributed by atoms with E-state index in [0.717, 1.165) is 10.4 Å². The summed E-state index contributed by atoms with van der Waals surface area (Å²) in [6, 6.07) is 3.64. The Morgan fingerprint density at radius 3 is 2.53 bits per heavy atom. The lowest BCUT2D eigenvalue weighted by Gasteiger charge is -2.34. The lowest BCUT2D eigenvalue weighted by atomic mass is 10.2. The predicted octanol–water partition coefficient (Wildman–Crippen LogP) is -0.241. The number of benzene rings is 1. The normalized spacial score (nSPS) is 16.9. The van der Waals surface area contributed by atoms with Crippen LogP contribution in [0.3, 0.4) is 0 Å². The first-order valence-electron chi connectivity index (χ1n) is 5.46. The minimum absolute atomic E-state index is 0.0246. The highest BCUT2D eigenvalue weighted by atomic mass is 32.2. The van der Waals surface area contributed by atoms with Crippen molar-refractivity contribution in [3.05, 3.63) is 23.8 Å². The SMILES string of the molecule is COc1ccc(S(=O)(=O)N2CC(O)C2)cc1C(=O)O. The fraction of sp³-hybridized carbons (Fsp3) is 0.364. The molecule has 0 saturated carbocycles. The second kappa shape index (κ2) is 4.80. The lowest BCUT2D eigenvalue weighted by molar-refractivity contribution is 0.0547. The molecular weight excluding hydrogens is 274 g/mol. The first-order valence-corrected chi connectivity index (χ1v) is 6.90. The van der Waals surface area contributed by atoms with E-state index in [1.54, 1.807) is 0 Å². The third kappa shape index (κ3) is 2.42. The summed E-state index contributed by atoms with van der Waals surface area (Å²) in [4.78, 5) is 10.9. The van der Waals surface area contributed by atoms with E-state index in [1.165, 1.54) is 19.2 Å². The Morgan fingerprint density at radius 2 is 2.05 bits per heavy atom. The van der Waals surface area contributed by atoms with Crippen LogP contribution in [0.1, 0.15) is 10.4 Å². The summed E-state index contributed by atoms with van der Waals surface area (Å²) in [5.41, 5.74) is -0.218. The van der Waals surface area contributed by atoms with E-state index in [0.29, 0.717) is 0 Å². The van der Waals surface area contributed by atoms with Gasteiger partial charge < -0.3 is 14.9 Å². The number of methoxy groups -OCH3 is 1. The lowest BCUT2D eigenvalue weighted by Crippen LogP contribution is -2.53. The van der Waals surface area contributed by atoms with Crippen LogP contribution in [-0.2, 0) is 10.0 Å². The Hall–Kier alpha value is -1.64. The van der Waals surface area contributed by atoms with Crippen LogP contribution in [0.15, 0.2) is 23.1 Å². The number of rotatable bonds is 4. The standard InChI is InChI=1S/C11H13NO6S/c1-18-10-3-2-8(4-9(10)11(14)15)19(16,17)12-5-7(13)6-12/h2-4,7,13H,5-6H2,1H3,(H,14,15). The maximum absolute atomic E-state index is 12.1. The molecule has 19 heavy (non-hydrogen) atoms. The second-order valence-corrected chi connectivity index (χ2v) is 6.08. The van der Waals surface area contributed by atoms with Crippen LogP contribution in [-0.4, -0.2) is 55.2 Å². The molecule has 104 valence electrons. The van der Waals surface area contributed by atoms with Gasteiger partial charge in [-0.05, 0) is 18.2 Å². The number of aliphatic hydroxyl groups is 1. The van der Waals surface area contributed by atoms with Crippen molar-refractivity contribution in [2.24, 2.45) is 0 Å². The number of hydrogen-bond donors (Lipinski definition) is 2. The quantitative estimate of drug-likeness (QED) is 0.792. The summed E-state index contributed by atoms with van der Waals surface area (Å²) in [5, 5.41) is 18.1. The molecule has 1 aromatic rings. The first-order chi connectivity index (χ1) is 8.86. The molecular formula is C11H13NO6S. The van der Waals surface area contributed by atoms with E-state index in [9.17, 15) is 13.2 Å². The zero-order chi connectivity index (χ0) is 14.2. The van der Waals surface area contributed by atoms with E-state index in [2.05, 4.69) is 0 Å². The van der Waals surface area contributed by atoms with Crippen molar-refractivity contribution in [3.8, 4) is 5.75 Å². The number of carbonyl (C=O) groups is 1. The second-order valence-electron chi connectivity index (χ2n) is 4.14. The van der Waals surface area contributed by atoms with Crippen molar-refractivity contribution in [1.82, 2.24) is 4.31 Å². The maximum Gasteiger partial charge on any atom is 0.339 e. The third-order valence-electron chi connectivity index (χ3n) is 2.87. The van der Waals surface area contributed by atoms with Gasteiger partial charge in [-0.3, -0.25) is 0 Å². The van der Waals surface area contributed by atoms with Crippen molar-refractivity contribution < 1.29 is 28.2 Å². The highest BCUT2D eigenvalue weighted by molar-refractivity contribution is 7.89. The van der Waals surface area contributed by atoms with Crippen LogP contribution >= 0.6 is 0 Å². The third-order valence-corrected chi connectivity index (χ3v) is 4.70. The van der Waals surface area contributed by atoms with Gasteiger partial charge in [0.15, 0.2) is 0 Å². The fourth-order valence-electron chi connectivity index (χ4n) is 1.78. The molecule has 0 aliphatic carbocycles. The van der Waals surface area contributed by atoms with Crippen LogP contribution in [0.25, 0.3) is 0 Å². The van der Waals surface area contributed by atoms with Gasteiger partial charge in [0.25, 0.3) is 0 Å². The van der Waals surface area contributed by atoms with Gasteiger partial charge in [-0.15, -0.1) is 0 Å². The fourth-order valence-corrected chi connectivity index (χ4v) is 3.32. The summed E-state index contributed by atoms with van der Waals surface area (Å²) in [6.07, 6.45) is -0.660. The van der Waals surface area contributed by atoms with E-state index >= 15 is 0 Å². The highest BCUT2D eigenvalue weighted by Crippen LogP contribution is 2.26. The number of nitrogens with zero attached hydrogens (tertiary/aromatic N) is 1. The molecule has 1 fully saturated rings. The highest BCUT2D eigenvalue weighted by Gasteiger charge is 2.36. The van der Waals surface area contributed by atoms with E-state index in [-0.39, 0.29) is 29.3 Å². The summed E-state index contributed by atoms with van der Waals surface area (Å²) in [7, 11) is -2.45. The summed E-state index contributed by atoms with van der Waals surface area (Å²) >= 11 is 0. The van der Waals surface area contributed by atoms with Crippen molar-refractivity contribution in [1.29, 1.82) is 0 Å². The van der Waals surface area contributed by atoms with Gasteiger partial charge in [0.05, 0.1) is 18.1 Å². The van der Waals surface area contributed by atoms with Crippen molar-refractivity contribution in [2.75, 3.05) is 20.2 Å². The molecule has 2 rings (SSSR count). The van der Waals surface area contributed by atoms with Crippen LogP contribution in [0.5, 0.6) is 5.75 Å². The zero-order valence-corrected chi connectivity index (χ0v) is 10.9. The molecule has 0 atom stereocenters. The smallest absolute Gasteiger partial charge is 0.339 e. The molecule has 1 saturated heterocycles. The molecule has 0 aromatic heterocycles. The van der Waals surface area contributed by atoms with E-state index in [1.807, 2.05) is 0 Å². The maximum atomic E-state index is 12.1. The Balaban J connectivity index is 2.41. The molecule has 1 heterocycles. The minimum atomic E-state index is -3.76. The number of carboxylic acid groups (broad SMARTS) is 1. The van der Waals surface area contributed by atoms with Crippen molar-refractivity contribution >= 4 is 16.0 Å². The summed E-state index contributed by atoms with van der Waals surface area (Å²) in [5.74, 6) is -1.17. The van der Waals surface area contributed by atoms with Crippen LogP contribution in [0, 0.1) is 0 Å². The van der Waals surface area contributed by atoms with Crippen LogP contribution in [0.4, 0.5) is 0 Å². The molecule has 1 aromatic carbocycles. The first kappa shape index (κ1) is 13.8. The largest absolute Gasteiger partial charge is 0.496 e. The monoisotopic (exact) mass is 287 g/mol. The average Bonchev–Trinajstić information content (AvgIpc) is 2.33. The molecule has 0 amide bonds. The van der Waals surface area contributed by atoms with Gasteiger partial charge in [-0.1, -0.05) is 0 Å². The van der Waals surface area contributed by atoms with Crippen molar-refractivity contribution in [2.45, 2.75) is 11.0 Å². The molecule has 1 aliphatic heterocycles. The van der Waals surface area contributed by atoms with Gasteiger partial charge in [0.1, 0.15) is 11.3 Å². The minimum Gasteiger partial charge on any atom is -0.496 e. The molecule has 0 spiro atoms. The Morgan fingerprint density at radius 1 is 1.42 bits per heavy atom. The number of aromatic carboxylic acids is 1. The van der Waals surface area contributed by atoms with E-state index in [4.69, 9.17) is 14.9 Å². The molecule has 1 aliphatic rings. The Labute approximate surface area is 110 Å². The molecule has 8 heteroatoms. The summed E-state index contributed by atoms with van der Waals surface area (Å²) < 4.78 is 30.2. The Bertz CT molecular complexity index is 606. The summed E-state index contributed by atoms with van der Waals surface area (Å²) in [6.45, 7) is 0.0491. The molecule has 0 bridgehead atoms. The molecule has 0 unspecified atom stereocenters. The van der Waals surface area contributed by atoms with Crippen LogP contribution in [0.2, 0.25) is 0 Å². The number of carboxylic acids is 1. The average molecular weight is 287 g/mol. The number of sulfonamides is 1. The van der Waals surface area contributed by atoms with Gasteiger partial charge in [-0.25, -0.2) is 13.2 Å². The van der Waals surface area contributed by atoms with Gasteiger partial charge in [0, 0.05) is 13.1 Å². The zero-order valence-electron chi connectivity index (χ0n) is 10.1. The predicted molar refractivity (Wildman–Crippen MR) is 64.7 cm³/mol. The van der Waals surface area contributed by atoms with Crippen LogP contribution < -0.4 is 4.74 Å². The number of hydrogen-bond acceptors (Lipinski definition) is 5. The molecule has 7 nitrogen and oxygen atoms in total. The molecule has 0 radical (unpaired) electrons. The van der Waals surface area contributed by atoms with Crippen molar-refractivity contribution in [3.63, 3.8) is 0 Å². The number of aliphatic hydroxyl groups excluding tert-OH is 1. The topological polar surface area (TPSA) is 104 Å². The van der Waals surface area contributed by atoms with Gasteiger partial charge in [-0.2, -0.15) is 4.31 Å². The Kier molecular flexibility index (Phi) is 3.48. The number of ether oxygens (including phenoxy) is 1. The van der Waals surface area contributed by atoms with Gasteiger partial charge >= 0.3 is 5.97 Å². The number of β-amino-alcohol motifs (C(OH)–C–C–N with tert-alkyl or cyclic N) is 1. The van der Waals surface area contributed by atoms with E-state index < -0.39 is 22.1 Å².